The zero-order valence-corrected chi connectivity index (χ0v) is 7.80. The molecule has 0 fully saturated rings. The van der Waals surface area contributed by atoms with E-state index in [0.29, 0.717) is 11.6 Å². The molecule has 1 aromatic rings. The first kappa shape index (κ1) is 8.26. The molecule has 0 bridgehead atoms. The van der Waals surface area contributed by atoms with Crippen LogP contribution in [0.4, 0.5) is 0 Å². The third-order valence-electron chi connectivity index (χ3n) is 1.95. The molecule has 0 spiro atoms. The summed E-state index contributed by atoms with van der Waals surface area (Å²) in [6.45, 7) is 0.479. The fourth-order valence-electron chi connectivity index (χ4n) is 1.26. The minimum absolute atomic E-state index is 0.412. The molecule has 2 rings (SSSR count). The van der Waals surface area contributed by atoms with E-state index in [9.17, 15) is 0 Å². The van der Waals surface area contributed by atoms with Gasteiger partial charge < -0.3 is 10.5 Å². The third-order valence-corrected chi connectivity index (χ3v) is 2.21. The molecule has 0 atom stereocenters. The van der Waals surface area contributed by atoms with Crippen molar-refractivity contribution < 1.29 is 4.74 Å². The molecular weight excluding hydrogens is 182 g/mol. The highest BCUT2D eigenvalue weighted by Crippen LogP contribution is 2.25. The number of para-hydroxylation sites is 1. The van der Waals surface area contributed by atoms with Crippen LogP contribution in [-0.4, -0.2) is 11.6 Å². The molecule has 1 aliphatic rings. The van der Waals surface area contributed by atoms with Crippen LogP contribution in [0.15, 0.2) is 29.8 Å². The van der Waals surface area contributed by atoms with E-state index >= 15 is 0 Å². The summed E-state index contributed by atoms with van der Waals surface area (Å²) >= 11 is 4.87. The first-order valence-electron chi connectivity index (χ1n) is 3.99. The second kappa shape index (κ2) is 3.18. The van der Waals surface area contributed by atoms with Crippen LogP contribution in [0.25, 0.3) is 6.08 Å². The maximum absolute atomic E-state index is 5.51. The Morgan fingerprint density at radius 2 is 2.15 bits per heavy atom. The van der Waals surface area contributed by atoms with Crippen molar-refractivity contribution in [2.75, 3.05) is 6.61 Å². The Balaban J connectivity index is 2.44. The lowest BCUT2D eigenvalue weighted by molar-refractivity contribution is 0.353. The fourth-order valence-corrected chi connectivity index (χ4v) is 1.38. The highest BCUT2D eigenvalue weighted by molar-refractivity contribution is 7.80. The predicted octanol–water partition coefficient (Wildman–Crippen LogP) is 1.75. The first-order valence-corrected chi connectivity index (χ1v) is 4.40. The zero-order valence-electron chi connectivity index (χ0n) is 6.99. The molecule has 0 saturated carbocycles. The number of thiocarbonyl (C=S) groups is 1. The summed E-state index contributed by atoms with van der Waals surface area (Å²) in [5, 5.41) is 0. The first-order chi connectivity index (χ1) is 6.27. The molecule has 3 heteroatoms. The van der Waals surface area contributed by atoms with Crippen molar-refractivity contribution in [3.8, 4) is 5.75 Å². The van der Waals surface area contributed by atoms with Crippen LogP contribution in [0.2, 0.25) is 0 Å². The lowest BCUT2D eigenvalue weighted by Crippen LogP contribution is -2.19. The summed E-state index contributed by atoms with van der Waals surface area (Å²) in [4.78, 5) is 0.412. The lowest BCUT2D eigenvalue weighted by Gasteiger charge is -2.16. The van der Waals surface area contributed by atoms with Crippen LogP contribution in [0, 0.1) is 0 Å². The van der Waals surface area contributed by atoms with E-state index in [2.05, 4.69) is 0 Å². The van der Waals surface area contributed by atoms with Crippen molar-refractivity contribution >= 4 is 23.3 Å². The van der Waals surface area contributed by atoms with Gasteiger partial charge in [0, 0.05) is 11.1 Å². The molecule has 0 aromatic heterocycles. The number of fused-ring (bicyclic) bond motifs is 1. The van der Waals surface area contributed by atoms with Crippen molar-refractivity contribution in [1.82, 2.24) is 0 Å². The second-order valence-corrected chi connectivity index (χ2v) is 3.30. The summed E-state index contributed by atoms with van der Waals surface area (Å²) in [6.07, 6.45) is 1.97. The highest BCUT2D eigenvalue weighted by Gasteiger charge is 2.11. The molecule has 1 heterocycles. The summed E-state index contributed by atoms with van der Waals surface area (Å²) in [6, 6.07) is 7.81. The smallest absolute Gasteiger partial charge is 0.127 e. The van der Waals surface area contributed by atoms with Gasteiger partial charge in [-0.25, -0.2) is 0 Å². The predicted molar refractivity (Wildman–Crippen MR) is 56.7 cm³/mol. The van der Waals surface area contributed by atoms with Crippen molar-refractivity contribution in [1.29, 1.82) is 0 Å². The molecule has 0 amide bonds. The Labute approximate surface area is 82.0 Å². The van der Waals surface area contributed by atoms with Gasteiger partial charge in [0.25, 0.3) is 0 Å². The van der Waals surface area contributed by atoms with E-state index in [1.165, 1.54) is 0 Å². The van der Waals surface area contributed by atoms with Gasteiger partial charge >= 0.3 is 0 Å². The maximum Gasteiger partial charge on any atom is 0.127 e. The minimum Gasteiger partial charge on any atom is -0.488 e. The average Bonchev–Trinajstić information content (AvgIpc) is 2.17. The lowest BCUT2D eigenvalue weighted by atomic mass is 10.1. The molecule has 0 unspecified atom stereocenters. The average molecular weight is 191 g/mol. The largest absolute Gasteiger partial charge is 0.488 e. The number of rotatable bonds is 1. The van der Waals surface area contributed by atoms with Gasteiger partial charge in [-0.05, 0) is 12.1 Å². The van der Waals surface area contributed by atoms with Crippen LogP contribution in [0.5, 0.6) is 5.75 Å². The summed E-state index contributed by atoms with van der Waals surface area (Å²) in [5.41, 5.74) is 7.43. The van der Waals surface area contributed by atoms with Crippen LogP contribution < -0.4 is 10.5 Å². The van der Waals surface area contributed by atoms with E-state index in [1.54, 1.807) is 0 Å². The van der Waals surface area contributed by atoms with E-state index in [-0.39, 0.29) is 0 Å². The van der Waals surface area contributed by atoms with E-state index < -0.39 is 0 Å². The molecule has 66 valence electrons. The Morgan fingerprint density at radius 1 is 1.38 bits per heavy atom. The minimum atomic E-state index is 0.412. The molecular formula is C10H9NOS. The van der Waals surface area contributed by atoms with E-state index in [4.69, 9.17) is 22.7 Å². The summed E-state index contributed by atoms with van der Waals surface area (Å²) in [7, 11) is 0. The summed E-state index contributed by atoms with van der Waals surface area (Å²) in [5.74, 6) is 0.891. The van der Waals surface area contributed by atoms with Crippen LogP contribution in [0.1, 0.15) is 5.56 Å². The molecule has 2 N–H and O–H groups in total. The van der Waals surface area contributed by atoms with Gasteiger partial charge in [0.15, 0.2) is 0 Å². The summed E-state index contributed by atoms with van der Waals surface area (Å²) < 4.78 is 5.46. The number of nitrogens with two attached hydrogens (primary N) is 1. The van der Waals surface area contributed by atoms with Crippen molar-refractivity contribution in [2.45, 2.75) is 0 Å². The molecule has 1 aliphatic heterocycles. The van der Waals surface area contributed by atoms with Crippen LogP contribution >= 0.6 is 12.2 Å². The Hall–Kier alpha value is -1.35. The number of ether oxygens (including phenoxy) is 1. The highest BCUT2D eigenvalue weighted by atomic mass is 32.1. The zero-order chi connectivity index (χ0) is 9.26. The SMILES string of the molecule is NC(=S)C1=Cc2ccccc2OC1. The second-order valence-electron chi connectivity index (χ2n) is 2.86. The van der Waals surface area contributed by atoms with Gasteiger partial charge in [-0.3, -0.25) is 0 Å². The molecule has 0 aliphatic carbocycles. The Kier molecular flexibility index (Phi) is 2.02. The van der Waals surface area contributed by atoms with Crippen molar-refractivity contribution in [3.05, 3.63) is 35.4 Å². The van der Waals surface area contributed by atoms with Gasteiger partial charge in [-0.2, -0.15) is 0 Å². The molecule has 13 heavy (non-hydrogen) atoms. The van der Waals surface area contributed by atoms with Gasteiger partial charge in [0.1, 0.15) is 17.3 Å². The molecule has 0 saturated heterocycles. The van der Waals surface area contributed by atoms with E-state index in [0.717, 1.165) is 16.9 Å². The standard InChI is InChI=1S/C10H9NOS/c11-10(13)8-5-7-3-1-2-4-9(7)12-6-8/h1-5H,6H2,(H2,11,13). The Morgan fingerprint density at radius 3 is 2.92 bits per heavy atom. The van der Waals surface area contributed by atoms with Gasteiger partial charge in [-0.1, -0.05) is 30.4 Å². The van der Waals surface area contributed by atoms with E-state index in [1.807, 2.05) is 30.3 Å². The molecule has 2 nitrogen and oxygen atoms in total. The monoisotopic (exact) mass is 191 g/mol. The molecule has 0 radical (unpaired) electrons. The fraction of sp³-hybridized carbons (Fsp3) is 0.100. The van der Waals surface area contributed by atoms with Gasteiger partial charge in [0.2, 0.25) is 0 Å². The number of hydrogen-bond donors (Lipinski definition) is 1. The normalized spacial score (nSPS) is 14.0. The maximum atomic E-state index is 5.51. The van der Waals surface area contributed by atoms with Gasteiger partial charge in [0.05, 0.1) is 0 Å². The topological polar surface area (TPSA) is 35.2 Å². The van der Waals surface area contributed by atoms with Gasteiger partial charge in [-0.15, -0.1) is 0 Å². The quantitative estimate of drug-likeness (QED) is 0.687. The van der Waals surface area contributed by atoms with Crippen LogP contribution in [0.3, 0.4) is 0 Å². The Bertz CT molecular complexity index is 384. The molecule has 1 aromatic carbocycles. The van der Waals surface area contributed by atoms with Crippen molar-refractivity contribution in [3.63, 3.8) is 0 Å². The number of benzene rings is 1. The van der Waals surface area contributed by atoms with Crippen molar-refractivity contribution in [2.24, 2.45) is 5.73 Å². The van der Waals surface area contributed by atoms with Crippen LogP contribution in [-0.2, 0) is 0 Å². The number of hydrogen-bond acceptors (Lipinski definition) is 2. The third kappa shape index (κ3) is 1.55.